The zero-order chi connectivity index (χ0) is 19.5. The molecular weight excluding hydrogens is 378 g/mol. The van der Waals surface area contributed by atoms with Crippen molar-refractivity contribution in [3.8, 4) is 5.75 Å². The van der Waals surface area contributed by atoms with E-state index >= 15 is 0 Å². The molecule has 0 bridgehead atoms. The number of aromatic nitrogens is 3. The average molecular weight is 404 g/mol. The minimum absolute atomic E-state index is 0.0289. The smallest absolute Gasteiger partial charge is 0.236 e. The number of carbonyl (C=O) groups excluding carboxylic acids is 1. The molecule has 2 aromatic rings. The number of fused-ring (bicyclic) bond motifs is 1. The van der Waals surface area contributed by atoms with Crippen LogP contribution in [-0.4, -0.2) is 51.9 Å². The highest BCUT2D eigenvalue weighted by Gasteiger charge is 2.37. The Bertz CT molecular complexity index is 819. The molecule has 0 spiro atoms. The standard InChI is InChI=1S/C19H25N5O3S/c1-3-26-14-8-6-13(7-9-14)16-17(18(25)20-11-15-5-4-10-27-15)28-19-22-21-12(2)24(19)23-16/h6-9,15-17,23H,3-5,10-11H2,1-2H3,(H,20,25)/t15-,16-,17-/m0/s1. The van der Waals surface area contributed by atoms with Gasteiger partial charge in [-0.3, -0.25) is 4.79 Å². The van der Waals surface area contributed by atoms with Crippen molar-refractivity contribution >= 4 is 17.7 Å². The van der Waals surface area contributed by atoms with Crippen LogP contribution in [0.2, 0.25) is 0 Å². The minimum Gasteiger partial charge on any atom is -0.494 e. The summed E-state index contributed by atoms with van der Waals surface area (Å²) in [6, 6.07) is 7.64. The van der Waals surface area contributed by atoms with E-state index in [1.54, 1.807) is 0 Å². The molecule has 0 aliphatic carbocycles. The molecule has 0 radical (unpaired) electrons. The van der Waals surface area contributed by atoms with E-state index in [-0.39, 0.29) is 23.3 Å². The third-order valence-electron chi connectivity index (χ3n) is 4.94. The predicted molar refractivity (Wildman–Crippen MR) is 106 cm³/mol. The maximum Gasteiger partial charge on any atom is 0.236 e. The minimum atomic E-state index is -0.365. The molecule has 1 aromatic carbocycles. The summed E-state index contributed by atoms with van der Waals surface area (Å²) in [6.45, 7) is 5.78. The number of nitrogens with one attached hydrogen (secondary N) is 2. The first-order valence-corrected chi connectivity index (χ1v) is 10.5. The van der Waals surface area contributed by atoms with E-state index < -0.39 is 0 Å². The van der Waals surface area contributed by atoms with Gasteiger partial charge < -0.3 is 20.2 Å². The summed E-state index contributed by atoms with van der Waals surface area (Å²) in [7, 11) is 0. The molecule has 28 heavy (non-hydrogen) atoms. The highest BCUT2D eigenvalue weighted by Crippen LogP contribution is 2.37. The molecule has 4 rings (SSSR count). The van der Waals surface area contributed by atoms with E-state index in [1.807, 2.05) is 42.8 Å². The molecule has 2 N–H and O–H groups in total. The fourth-order valence-electron chi connectivity index (χ4n) is 3.47. The van der Waals surface area contributed by atoms with Gasteiger partial charge in [-0.15, -0.1) is 10.2 Å². The number of thioether (sulfide) groups is 1. The lowest BCUT2D eigenvalue weighted by Crippen LogP contribution is -2.45. The molecular formula is C19H25N5O3S. The van der Waals surface area contributed by atoms with Crippen LogP contribution >= 0.6 is 11.8 Å². The van der Waals surface area contributed by atoms with Crippen LogP contribution in [0.1, 0.15) is 37.2 Å². The molecule has 9 heteroatoms. The zero-order valence-electron chi connectivity index (χ0n) is 16.1. The van der Waals surface area contributed by atoms with Gasteiger partial charge in [-0.2, -0.15) is 0 Å². The van der Waals surface area contributed by atoms with Gasteiger partial charge in [-0.1, -0.05) is 23.9 Å². The number of benzene rings is 1. The quantitative estimate of drug-likeness (QED) is 0.763. The van der Waals surface area contributed by atoms with Crippen molar-refractivity contribution in [1.29, 1.82) is 0 Å². The number of amides is 1. The van der Waals surface area contributed by atoms with Gasteiger partial charge in [0.1, 0.15) is 16.8 Å². The third-order valence-corrected chi connectivity index (χ3v) is 6.15. The van der Waals surface area contributed by atoms with Crippen molar-refractivity contribution in [3.05, 3.63) is 35.7 Å². The number of aryl methyl sites for hydroxylation is 1. The summed E-state index contributed by atoms with van der Waals surface area (Å²) in [4.78, 5) is 13.0. The predicted octanol–water partition coefficient (Wildman–Crippen LogP) is 2.04. The maximum absolute atomic E-state index is 13.0. The van der Waals surface area contributed by atoms with Gasteiger partial charge >= 0.3 is 0 Å². The van der Waals surface area contributed by atoms with Crippen LogP contribution in [0.4, 0.5) is 0 Å². The van der Waals surface area contributed by atoms with Crippen molar-refractivity contribution < 1.29 is 14.3 Å². The molecule has 2 aliphatic heterocycles. The molecule has 0 saturated carbocycles. The second-order valence-corrected chi connectivity index (χ2v) is 8.00. The Morgan fingerprint density at radius 2 is 2.21 bits per heavy atom. The first kappa shape index (κ1) is 19.1. The average Bonchev–Trinajstić information content (AvgIpc) is 3.36. The fraction of sp³-hybridized carbons (Fsp3) is 0.526. The summed E-state index contributed by atoms with van der Waals surface area (Å²) in [5, 5.41) is 11.7. The highest BCUT2D eigenvalue weighted by molar-refractivity contribution is 8.00. The Hall–Kier alpha value is -2.26. The van der Waals surface area contributed by atoms with Crippen LogP contribution < -0.4 is 15.5 Å². The summed E-state index contributed by atoms with van der Waals surface area (Å²) in [5.41, 5.74) is 4.42. The van der Waals surface area contributed by atoms with E-state index in [4.69, 9.17) is 9.47 Å². The normalized spacial score (nSPS) is 23.7. The molecule has 3 atom stereocenters. The zero-order valence-corrected chi connectivity index (χ0v) is 16.9. The Morgan fingerprint density at radius 3 is 2.93 bits per heavy atom. The number of ether oxygens (including phenoxy) is 2. The summed E-state index contributed by atoms with van der Waals surface area (Å²) < 4.78 is 13.0. The third kappa shape index (κ3) is 3.95. The van der Waals surface area contributed by atoms with Crippen molar-refractivity contribution in [2.75, 3.05) is 25.2 Å². The van der Waals surface area contributed by atoms with E-state index in [2.05, 4.69) is 20.9 Å². The fourth-order valence-corrected chi connectivity index (χ4v) is 4.62. The number of hydrogen-bond donors (Lipinski definition) is 2. The lowest BCUT2D eigenvalue weighted by atomic mass is 10.0. The van der Waals surface area contributed by atoms with Crippen molar-refractivity contribution in [3.63, 3.8) is 0 Å². The number of rotatable bonds is 6. The molecule has 1 saturated heterocycles. The molecule has 1 amide bonds. The number of carbonyl (C=O) groups is 1. The van der Waals surface area contributed by atoms with Gasteiger partial charge in [-0.05, 0) is 44.4 Å². The topological polar surface area (TPSA) is 90.3 Å². The van der Waals surface area contributed by atoms with Gasteiger partial charge in [-0.25, -0.2) is 4.68 Å². The van der Waals surface area contributed by atoms with E-state index in [9.17, 15) is 4.79 Å². The van der Waals surface area contributed by atoms with Gasteiger partial charge in [0, 0.05) is 13.2 Å². The first-order chi connectivity index (χ1) is 13.7. The molecule has 1 fully saturated rings. The van der Waals surface area contributed by atoms with E-state index in [1.165, 1.54) is 11.8 Å². The van der Waals surface area contributed by atoms with Crippen LogP contribution in [0.5, 0.6) is 5.75 Å². The van der Waals surface area contributed by atoms with Crippen molar-refractivity contribution in [2.45, 2.75) is 49.2 Å². The van der Waals surface area contributed by atoms with Gasteiger partial charge in [0.05, 0.1) is 18.8 Å². The Morgan fingerprint density at radius 1 is 1.39 bits per heavy atom. The largest absolute Gasteiger partial charge is 0.494 e. The van der Waals surface area contributed by atoms with Gasteiger partial charge in [0.15, 0.2) is 0 Å². The molecule has 8 nitrogen and oxygen atoms in total. The van der Waals surface area contributed by atoms with E-state index in [0.717, 1.165) is 36.6 Å². The van der Waals surface area contributed by atoms with Crippen LogP contribution in [0.15, 0.2) is 29.4 Å². The number of hydrogen-bond acceptors (Lipinski definition) is 7. The second-order valence-electron chi connectivity index (χ2n) is 6.89. The van der Waals surface area contributed by atoms with Crippen molar-refractivity contribution in [1.82, 2.24) is 20.2 Å². The second kappa shape index (κ2) is 8.40. The first-order valence-electron chi connectivity index (χ1n) is 9.63. The molecule has 3 heterocycles. The van der Waals surface area contributed by atoms with Crippen LogP contribution in [0.3, 0.4) is 0 Å². The Balaban J connectivity index is 1.54. The lowest BCUT2D eigenvalue weighted by molar-refractivity contribution is -0.121. The molecule has 1 aromatic heterocycles. The van der Waals surface area contributed by atoms with E-state index in [0.29, 0.717) is 18.3 Å². The summed E-state index contributed by atoms with van der Waals surface area (Å²) in [5.74, 6) is 1.55. The monoisotopic (exact) mass is 403 g/mol. The summed E-state index contributed by atoms with van der Waals surface area (Å²) in [6.07, 6.45) is 2.16. The lowest BCUT2D eigenvalue weighted by Gasteiger charge is -2.33. The Labute approximate surface area is 168 Å². The highest BCUT2D eigenvalue weighted by atomic mass is 32.2. The maximum atomic E-state index is 13.0. The Kier molecular flexibility index (Phi) is 5.72. The molecule has 0 unspecified atom stereocenters. The number of nitrogens with zero attached hydrogens (tertiary/aromatic N) is 3. The molecule has 2 aliphatic rings. The SMILES string of the molecule is CCOc1ccc([C@@H]2Nn3c(C)nnc3S[C@@H]2C(=O)NC[C@@H]2CCCO2)cc1. The van der Waals surface area contributed by atoms with Gasteiger partial charge in [0.25, 0.3) is 0 Å². The van der Waals surface area contributed by atoms with Gasteiger partial charge in [0.2, 0.25) is 11.1 Å². The molecule has 150 valence electrons. The van der Waals surface area contributed by atoms with Crippen LogP contribution in [0, 0.1) is 6.92 Å². The van der Waals surface area contributed by atoms with Crippen LogP contribution in [-0.2, 0) is 9.53 Å². The summed E-state index contributed by atoms with van der Waals surface area (Å²) >= 11 is 1.43. The van der Waals surface area contributed by atoms with Crippen LogP contribution in [0.25, 0.3) is 0 Å². The van der Waals surface area contributed by atoms with Crippen molar-refractivity contribution in [2.24, 2.45) is 0 Å².